The molecule has 12 aromatic carbocycles. The summed E-state index contributed by atoms with van der Waals surface area (Å²) in [5.74, 6) is 0. The van der Waals surface area contributed by atoms with E-state index in [1.54, 1.807) is 22.7 Å². The first-order valence-corrected chi connectivity index (χ1v) is 25.5. The lowest BCUT2D eigenvalue weighted by Crippen LogP contribution is -1.97. The van der Waals surface area contributed by atoms with Crippen molar-refractivity contribution in [2.75, 3.05) is 0 Å². The van der Waals surface area contributed by atoms with Gasteiger partial charge in [0.05, 0.1) is 20.4 Å². The van der Waals surface area contributed by atoms with E-state index in [9.17, 15) is 0 Å². The van der Waals surface area contributed by atoms with Gasteiger partial charge in [0.2, 0.25) is 0 Å². The van der Waals surface area contributed by atoms with Crippen LogP contribution in [0.3, 0.4) is 0 Å². The van der Waals surface area contributed by atoms with E-state index in [0.717, 1.165) is 32.2 Å². The van der Waals surface area contributed by atoms with Crippen LogP contribution in [0.4, 0.5) is 0 Å². The zero-order valence-corrected chi connectivity index (χ0v) is 40.1. The van der Waals surface area contributed by atoms with Crippen molar-refractivity contribution in [3.8, 4) is 65.6 Å². The largest absolute Gasteiger partial charge is 0.236 e. The van der Waals surface area contributed by atoms with Gasteiger partial charge in [-0.15, -0.1) is 22.7 Å². The highest BCUT2D eigenvalue weighted by Gasteiger charge is 2.26. The third-order valence-electron chi connectivity index (χ3n) is 14.2. The highest BCUT2D eigenvalue weighted by Crippen LogP contribution is 2.54. The van der Waals surface area contributed by atoms with Crippen LogP contribution in [-0.4, -0.2) is 9.97 Å². The maximum Gasteiger partial charge on any atom is 0.124 e. The van der Waals surface area contributed by atoms with Crippen LogP contribution >= 0.6 is 22.7 Å². The van der Waals surface area contributed by atoms with Crippen molar-refractivity contribution in [2.45, 2.75) is 13.8 Å². The minimum Gasteiger partial charge on any atom is -0.236 e. The van der Waals surface area contributed by atoms with Gasteiger partial charge in [0.15, 0.2) is 0 Å². The van der Waals surface area contributed by atoms with Crippen LogP contribution in [0.2, 0.25) is 0 Å². The molecule has 0 amide bonds. The molecule has 0 aliphatic carbocycles. The topological polar surface area (TPSA) is 25.8 Å². The smallest absolute Gasteiger partial charge is 0.124 e. The first-order chi connectivity index (χ1) is 34.5. The van der Waals surface area contributed by atoms with Crippen molar-refractivity contribution in [2.24, 2.45) is 0 Å². The molecule has 0 fully saturated rings. The van der Waals surface area contributed by atoms with E-state index in [4.69, 9.17) is 9.97 Å². The van der Waals surface area contributed by atoms with E-state index >= 15 is 0 Å². The molecular weight excluding hydrogens is 885 g/mol. The number of hydrogen-bond acceptors (Lipinski definition) is 4. The lowest BCUT2D eigenvalue weighted by Gasteiger charge is -2.25. The van der Waals surface area contributed by atoms with Gasteiger partial charge in [-0.2, -0.15) is 0 Å². The highest BCUT2D eigenvalue weighted by molar-refractivity contribution is 7.23. The van der Waals surface area contributed by atoms with Crippen molar-refractivity contribution in [3.63, 3.8) is 0 Å². The van der Waals surface area contributed by atoms with Gasteiger partial charge in [-0.1, -0.05) is 205 Å². The number of hydrogen-bond donors (Lipinski definition) is 0. The average molecular weight is 927 g/mol. The van der Waals surface area contributed by atoms with E-state index in [-0.39, 0.29) is 0 Å². The zero-order chi connectivity index (χ0) is 46.5. The summed E-state index contributed by atoms with van der Waals surface area (Å²) >= 11 is 3.56. The van der Waals surface area contributed by atoms with Crippen molar-refractivity contribution in [1.82, 2.24) is 9.97 Å². The van der Waals surface area contributed by atoms with Crippen molar-refractivity contribution in [3.05, 3.63) is 230 Å². The van der Waals surface area contributed by atoms with Gasteiger partial charge >= 0.3 is 0 Å². The van der Waals surface area contributed by atoms with Crippen LogP contribution in [0, 0.1) is 13.8 Å². The first kappa shape index (κ1) is 40.8. The summed E-state index contributed by atoms with van der Waals surface area (Å²) in [4.78, 5) is 10.4. The molecule has 0 spiro atoms. The van der Waals surface area contributed by atoms with E-state index in [1.807, 2.05) is 0 Å². The Morgan fingerprint density at radius 1 is 0.286 bits per heavy atom. The number of thiazole rings is 2. The van der Waals surface area contributed by atoms with E-state index in [2.05, 4.69) is 232 Å². The Kier molecular flexibility index (Phi) is 9.42. The molecule has 0 unspecified atom stereocenters. The summed E-state index contributed by atoms with van der Waals surface area (Å²) in [6.07, 6.45) is 0. The third-order valence-corrected chi connectivity index (χ3v) is 16.5. The second-order valence-electron chi connectivity index (χ2n) is 18.5. The van der Waals surface area contributed by atoms with E-state index < -0.39 is 0 Å². The predicted octanol–water partition coefficient (Wildman–Crippen LogP) is 19.3. The number of benzene rings is 12. The molecule has 328 valence electrons. The molecule has 14 aromatic rings. The molecule has 0 atom stereocenters. The molecule has 0 aliphatic heterocycles. The second kappa shape index (κ2) is 16.2. The molecule has 2 heterocycles. The Morgan fingerprint density at radius 3 is 0.971 bits per heavy atom. The fraction of sp³-hybridized carbons (Fsp3) is 0.0303. The summed E-state index contributed by atoms with van der Waals surface area (Å²) in [7, 11) is 0. The molecule has 14 rings (SSSR count). The van der Waals surface area contributed by atoms with Gasteiger partial charge in [0, 0.05) is 21.9 Å². The number of aryl methyl sites for hydroxylation is 2. The van der Waals surface area contributed by atoms with Crippen LogP contribution in [0.1, 0.15) is 11.1 Å². The Bertz CT molecular complexity index is 4110. The summed E-state index contributed by atoms with van der Waals surface area (Å²) in [6, 6.07) is 80.7. The Balaban J connectivity index is 1.05. The quantitative estimate of drug-likeness (QED) is 0.155. The van der Waals surface area contributed by atoms with Gasteiger partial charge in [-0.05, 0) is 126 Å². The van der Waals surface area contributed by atoms with E-state index in [1.165, 1.54) is 119 Å². The summed E-state index contributed by atoms with van der Waals surface area (Å²) in [5.41, 5.74) is 16.5. The molecule has 0 radical (unpaired) electrons. The predicted molar refractivity (Wildman–Crippen MR) is 302 cm³/mol. The second-order valence-corrected chi connectivity index (χ2v) is 20.5. The lowest BCUT2D eigenvalue weighted by atomic mass is 9.77. The number of nitrogens with zero attached hydrogens (tertiary/aromatic N) is 2. The molecule has 4 heteroatoms. The van der Waals surface area contributed by atoms with Crippen LogP contribution in [0.5, 0.6) is 0 Å². The molecular formula is C66H42N2S2. The maximum absolute atomic E-state index is 5.21. The van der Waals surface area contributed by atoms with Gasteiger partial charge in [0.1, 0.15) is 10.0 Å². The van der Waals surface area contributed by atoms with Gasteiger partial charge in [-0.25, -0.2) is 9.97 Å². The zero-order valence-electron chi connectivity index (χ0n) is 38.5. The normalized spacial score (nSPS) is 11.9. The van der Waals surface area contributed by atoms with Crippen LogP contribution in [0.25, 0.3) is 140 Å². The molecule has 70 heavy (non-hydrogen) atoms. The minimum absolute atomic E-state index is 1.03. The summed E-state index contributed by atoms with van der Waals surface area (Å²) in [6.45, 7) is 4.33. The number of aromatic nitrogens is 2. The third kappa shape index (κ3) is 6.52. The van der Waals surface area contributed by atoms with Crippen LogP contribution in [-0.2, 0) is 0 Å². The monoisotopic (exact) mass is 926 g/mol. The van der Waals surface area contributed by atoms with Gasteiger partial charge < -0.3 is 0 Å². The van der Waals surface area contributed by atoms with Gasteiger partial charge in [0.25, 0.3) is 0 Å². The maximum atomic E-state index is 5.21. The average Bonchev–Trinajstić information content (AvgIpc) is 4.07. The summed E-state index contributed by atoms with van der Waals surface area (Å²) in [5, 5.41) is 14.4. The Morgan fingerprint density at radius 2 is 0.600 bits per heavy atom. The molecule has 2 aromatic heterocycles. The highest BCUT2D eigenvalue weighted by atomic mass is 32.1. The molecule has 0 bridgehead atoms. The lowest BCUT2D eigenvalue weighted by molar-refractivity contribution is 1.47. The fourth-order valence-corrected chi connectivity index (χ4v) is 13.2. The molecule has 2 nitrogen and oxygen atoms in total. The number of rotatable bonds is 6. The first-order valence-electron chi connectivity index (χ1n) is 23.9. The molecule has 0 saturated carbocycles. The summed E-state index contributed by atoms with van der Waals surface area (Å²) < 4.78 is 2.47. The number of fused-ring (bicyclic) bond motifs is 9. The van der Waals surface area contributed by atoms with Crippen molar-refractivity contribution < 1.29 is 0 Å². The fourth-order valence-electron chi connectivity index (χ4n) is 11.0. The Labute approximate surface area is 413 Å². The minimum atomic E-state index is 1.03. The van der Waals surface area contributed by atoms with Gasteiger partial charge in [-0.3, -0.25) is 0 Å². The SMILES string of the molecule is Cc1ccc2ccc3nc(-c4ccc(-c5c6ccccc6c(-c6ccc(-c7nc8ccc9ccc(C)cc9c8s7)cc6)c6c(-c7ccccc7)c7ccccc7c(-c7ccccc7)c56)cc4)sc3c2c1. The van der Waals surface area contributed by atoms with E-state index in [0.29, 0.717) is 0 Å². The van der Waals surface area contributed by atoms with Crippen LogP contribution < -0.4 is 0 Å². The molecule has 0 saturated heterocycles. The molecule has 0 aliphatic rings. The van der Waals surface area contributed by atoms with Crippen LogP contribution in [0.15, 0.2) is 218 Å². The molecule has 0 N–H and O–H groups in total. The Hall–Kier alpha value is -8.28. The van der Waals surface area contributed by atoms with Crippen molar-refractivity contribution in [1.29, 1.82) is 0 Å². The van der Waals surface area contributed by atoms with Crippen molar-refractivity contribution >= 4 is 97.0 Å². The standard InChI is InChI=1S/C66H42N2S2/c1-39-21-23-41-33-35-55-63(53(41)37-39)69-65(67-55)47-29-25-45(26-30-47)59-51-19-11-12-20-52(51)60(46-27-31-48(32-28-46)66-68-56-36-34-42-24-22-40(2)38-54(42)64(56)70-66)62-58(44-15-7-4-8-16-44)50-18-10-9-17-49(50)57(61(59)62)43-13-5-3-6-14-43/h3-38H,1-2H3.